The van der Waals surface area contributed by atoms with E-state index in [0.717, 1.165) is 6.08 Å². The van der Waals surface area contributed by atoms with Gasteiger partial charge in [0.15, 0.2) is 0 Å². The smallest absolute Gasteiger partial charge is 0.328 e. The van der Waals surface area contributed by atoms with Crippen LogP contribution in [-0.2, 0) is 4.79 Å². The van der Waals surface area contributed by atoms with Crippen molar-refractivity contribution >= 4 is 11.5 Å². The minimum absolute atomic E-state index is 0.274. The zero-order valence-corrected chi connectivity index (χ0v) is 6.32. The Morgan fingerprint density at radius 3 is 2.83 bits per heavy atom. The van der Waals surface area contributed by atoms with Crippen molar-refractivity contribution in [1.29, 1.82) is 0 Å². The van der Waals surface area contributed by atoms with Crippen molar-refractivity contribution in [2.75, 3.05) is 6.61 Å². The molecule has 0 atom stereocenters. The molecule has 0 aliphatic carbocycles. The summed E-state index contributed by atoms with van der Waals surface area (Å²) in [6.07, 6.45) is 4.29. The Morgan fingerprint density at radius 1 is 1.67 bits per heavy atom. The molecule has 0 radical (unpaired) electrons. The molecular formula is C8H9NO3. The maximum atomic E-state index is 10.3. The quantitative estimate of drug-likeness (QED) is 0.573. The fourth-order valence-electron chi connectivity index (χ4n) is 0.893. The Labute approximate surface area is 69.2 Å². The molecule has 1 rings (SSSR count). The third-order valence-corrected chi connectivity index (χ3v) is 1.44. The summed E-state index contributed by atoms with van der Waals surface area (Å²) in [6, 6.07) is 1.70. The largest absolute Gasteiger partial charge is 0.478 e. The second kappa shape index (κ2) is 3.73. The van der Waals surface area contributed by atoms with Crippen LogP contribution < -0.4 is 0 Å². The second-order valence-corrected chi connectivity index (χ2v) is 2.27. The molecule has 0 saturated carbocycles. The van der Waals surface area contributed by atoms with Crippen molar-refractivity contribution in [2.45, 2.75) is 0 Å². The number of carbonyl (C=O) groups is 1. The fraction of sp³-hybridized carbons (Fsp3) is 0.125. The van der Waals surface area contributed by atoms with Gasteiger partial charge in [-0.2, -0.15) is 0 Å². The van der Waals surface area contributed by atoms with Crippen molar-refractivity contribution in [3.63, 3.8) is 0 Å². The van der Waals surface area contributed by atoms with Crippen LogP contribution in [0.1, 0.15) is 5.56 Å². The molecule has 0 amide bonds. The van der Waals surface area contributed by atoms with Crippen LogP contribution in [0.25, 0.3) is 5.57 Å². The molecule has 0 bridgehead atoms. The first-order chi connectivity index (χ1) is 5.74. The van der Waals surface area contributed by atoms with Crippen molar-refractivity contribution < 1.29 is 15.0 Å². The molecule has 4 heteroatoms. The molecular weight excluding hydrogens is 158 g/mol. The number of hydrogen-bond donors (Lipinski definition) is 3. The summed E-state index contributed by atoms with van der Waals surface area (Å²) < 4.78 is 0. The molecule has 1 aromatic rings. The number of carboxylic acid groups (broad SMARTS) is 1. The first-order valence-corrected chi connectivity index (χ1v) is 3.41. The minimum Gasteiger partial charge on any atom is -0.478 e. The summed E-state index contributed by atoms with van der Waals surface area (Å²) in [4.78, 5) is 13.0. The Balaban J connectivity index is 2.91. The van der Waals surface area contributed by atoms with Gasteiger partial charge in [0.25, 0.3) is 0 Å². The van der Waals surface area contributed by atoms with Gasteiger partial charge in [-0.15, -0.1) is 0 Å². The maximum absolute atomic E-state index is 10.3. The normalized spacial score (nSPS) is 11.6. The lowest BCUT2D eigenvalue weighted by Gasteiger charge is -1.97. The molecule has 0 fully saturated rings. The van der Waals surface area contributed by atoms with E-state index in [1.807, 2.05) is 0 Å². The summed E-state index contributed by atoms with van der Waals surface area (Å²) >= 11 is 0. The van der Waals surface area contributed by atoms with E-state index in [1.54, 1.807) is 18.5 Å². The summed E-state index contributed by atoms with van der Waals surface area (Å²) in [5, 5.41) is 17.2. The Hall–Kier alpha value is -1.55. The van der Waals surface area contributed by atoms with Crippen LogP contribution in [-0.4, -0.2) is 27.8 Å². The third-order valence-electron chi connectivity index (χ3n) is 1.44. The van der Waals surface area contributed by atoms with Crippen LogP contribution >= 0.6 is 0 Å². The van der Waals surface area contributed by atoms with Crippen LogP contribution in [0.2, 0.25) is 0 Å². The molecule has 0 aliphatic rings. The van der Waals surface area contributed by atoms with E-state index in [0.29, 0.717) is 11.1 Å². The van der Waals surface area contributed by atoms with E-state index in [9.17, 15) is 4.79 Å². The number of aromatic amines is 1. The van der Waals surface area contributed by atoms with Gasteiger partial charge in [-0.3, -0.25) is 0 Å². The number of nitrogens with one attached hydrogen (secondary N) is 1. The van der Waals surface area contributed by atoms with Gasteiger partial charge >= 0.3 is 5.97 Å². The molecule has 4 nitrogen and oxygen atoms in total. The van der Waals surface area contributed by atoms with E-state index in [-0.39, 0.29) is 6.61 Å². The number of H-pyrrole nitrogens is 1. The first kappa shape index (κ1) is 8.55. The lowest BCUT2D eigenvalue weighted by molar-refractivity contribution is -0.131. The summed E-state index contributed by atoms with van der Waals surface area (Å²) in [5.74, 6) is -1.06. The molecule has 0 spiro atoms. The van der Waals surface area contributed by atoms with Crippen LogP contribution in [0.5, 0.6) is 0 Å². The summed E-state index contributed by atoms with van der Waals surface area (Å²) in [5.41, 5.74) is 1.09. The summed E-state index contributed by atoms with van der Waals surface area (Å²) in [7, 11) is 0. The highest BCUT2D eigenvalue weighted by atomic mass is 16.4. The Morgan fingerprint density at radius 2 is 2.42 bits per heavy atom. The number of aliphatic hydroxyl groups is 1. The SMILES string of the molecule is O=C(O)/C=C(\CO)c1cc[nH]c1. The summed E-state index contributed by atoms with van der Waals surface area (Å²) in [6.45, 7) is -0.274. The number of aliphatic hydroxyl groups excluding tert-OH is 1. The van der Waals surface area contributed by atoms with E-state index >= 15 is 0 Å². The van der Waals surface area contributed by atoms with Crippen LogP contribution in [0.4, 0.5) is 0 Å². The predicted octanol–water partition coefficient (Wildman–Crippen LogP) is 0.475. The molecule has 1 heterocycles. The van der Waals surface area contributed by atoms with Crippen LogP contribution in [0.3, 0.4) is 0 Å². The average Bonchev–Trinajstić information content (AvgIpc) is 2.51. The number of aromatic nitrogens is 1. The van der Waals surface area contributed by atoms with Gasteiger partial charge in [0.05, 0.1) is 6.61 Å². The van der Waals surface area contributed by atoms with Crippen molar-refractivity contribution in [1.82, 2.24) is 4.98 Å². The highest BCUT2D eigenvalue weighted by Gasteiger charge is 2.02. The number of aliphatic carboxylic acids is 1. The maximum Gasteiger partial charge on any atom is 0.328 e. The number of carboxylic acids is 1. The molecule has 64 valence electrons. The topological polar surface area (TPSA) is 73.3 Å². The van der Waals surface area contributed by atoms with E-state index in [1.165, 1.54) is 0 Å². The molecule has 12 heavy (non-hydrogen) atoms. The van der Waals surface area contributed by atoms with Gasteiger partial charge in [-0.1, -0.05) is 0 Å². The van der Waals surface area contributed by atoms with E-state index < -0.39 is 5.97 Å². The fourth-order valence-corrected chi connectivity index (χ4v) is 0.893. The van der Waals surface area contributed by atoms with Crippen molar-refractivity contribution in [2.24, 2.45) is 0 Å². The number of rotatable bonds is 3. The van der Waals surface area contributed by atoms with Crippen LogP contribution in [0, 0.1) is 0 Å². The Kier molecular flexibility index (Phi) is 2.66. The molecule has 3 N–H and O–H groups in total. The molecule has 0 aromatic carbocycles. The van der Waals surface area contributed by atoms with Gasteiger partial charge in [0, 0.05) is 18.5 Å². The van der Waals surface area contributed by atoms with E-state index in [4.69, 9.17) is 10.2 Å². The lowest BCUT2D eigenvalue weighted by Crippen LogP contribution is -1.95. The lowest BCUT2D eigenvalue weighted by atomic mass is 10.1. The van der Waals surface area contributed by atoms with Gasteiger partial charge in [0.1, 0.15) is 0 Å². The van der Waals surface area contributed by atoms with Crippen LogP contribution in [0.15, 0.2) is 24.5 Å². The first-order valence-electron chi connectivity index (χ1n) is 3.41. The molecule has 0 unspecified atom stereocenters. The molecule has 0 aliphatic heterocycles. The van der Waals surface area contributed by atoms with Crippen molar-refractivity contribution in [3.05, 3.63) is 30.1 Å². The predicted molar refractivity (Wildman–Crippen MR) is 43.5 cm³/mol. The zero-order chi connectivity index (χ0) is 8.97. The second-order valence-electron chi connectivity index (χ2n) is 2.27. The standard InChI is InChI=1S/C8H9NO3/c10-5-7(3-8(11)12)6-1-2-9-4-6/h1-4,9-10H,5H2,(H,11,12)/b7-3+. The van der Waals surface area contributed by atoms with E-state index in [2.05, 4.69) is 4.98 Å². The van der Waals surface area contributed by atoms with Gasteiger partial charge in [-0.25, -0.2) is 4.79 Å². The minimum atomic E-state index is -1.06. The van der Waals surface area contributed by atoms with Crippen molar-refractivity contribution in [3.8, 4) is 0 Å². The monoisotopic (exact) mass is 167 g/mol. The highest BCUT2D eigenvalue weighted by molar-refractivity contribution is 5.90. The average molecular weight is 167 g/mol. The Bertz CT molecular complexity index is 287. The molecule has 1 aromatic heterocycles. The van der Waals surface area contributed by atoms with Gasteiger partial charge < -0.3 is 15.2 Å². The van der Waals surface area contributed by atoms with Gasteiger partial charge in [-0.05, 0) is 17.2 Å². The zero-order valence-electron chi connectivity index (χ0n) is 6.32. The third kappa shape index (κ3) is 1.96. The van der Waals surface area contributed by atoms with Gasteiger partial charge in [0.2, 0.25) is 0 Å². The number of hydrogen-bond acceptors (Lipinski definition) is 2. The molecule has 0 saturated heterocycles. The highest BCUT2D eigenvalue weighted by Crippen LogP contribution is 2.11.